The molecule has 3 fully saturated rings. The minimum Gasteiger partial charge on any atom is -0.488 e. The zero-order chi connectivity index (χ0) is 25.1. The molecule has 5 rings (SSSR count). The number of amides is 1. The Morgan fingerprint density at radius 2 is 1.94 bits per heavy atom. The van der Waals surface area contributed by atoms with Crippen molar-refractivity contribution in [3.05, 3.63) is 63.7 Å². The van der Waals surface area contributed by atoms with Crippen LogP contribution in [0.25, 0.3) is 0 Å². The lowest BCUT2D eigenvalue weighted by atomic mass is 10.0. The molecule has 2 bridgehead atoms. The van der Waals surface area contributed by atoms with E-state index >= 15 is 0 Å². The molecule has 6 nitrogen and oxygen atoms in total. The molecule has 0 unspecified atom stereocenters. The zero-order valence-electron chi connectivity index (χ0n) is 19.4. The van der Waals surface area contributed by atoms with Gasteiger partial charge in [-0.1, -0.05) is 17.7 Å². The van der Waals surface area contributed by atoms with Crippen LogP contribution >= 0.6 is 11.6 Å². The Morgan fingerprint density at radius 1 is 1.20 bits per heavy atom. The van der Waals surface area contributed by atoms with Gasteiger partial charge in [-0.3, -0.25) is 9.69 Å². The number of hydrogen-bond donors (Lipinski definition) is 1. The Hall–Kier alpha value is -2.23. The first kappa shape index (κ1) is 24.5. The van der Waals surface area contributed by atoms with Crippen LogP contribution in [0.1, 0.15) is 66.1 Å². The van der Waals surface area contributed by atoms with E-state index in [0.29, 0.717) is 16.7 Å². The van der Waals surface area contributed by atoms with E-state index in [-0.39, 0.29) is 35.5 Å². The fourth-order valence-corrected chi connectivity index (χ4v) is 6.32. The third-order valence-electron chi connectivity index (χ3n) is 7.29. The summed E-state index contributed by atoms with van der Waals surface area (Å²) in [6.07, 6.45) is 4.28. The smallest absolute Gasteiger partial charge is 0.267 e. The molecule has 10 heteroatoms. The highest BCUT2D eigenvalue weighted by atomic mass is 35.5. The lowest BCUT2D eigenvalue weighted by Gasteiger charge is -2.38. The maximum absolute atomic E-state index is 14.9. The number of carbonyl (C=O) groups excluding carboxylic acids is 1. The van der Waals surface area contributed by atoms with E-state index in [1.807, 2.05) is 11.6 Å². The average Bonchev–Trinajstić information content (AvgIpc) is 3.41. The molecule has 0 radical (unpaired) electrons. The predicted molar refractivity (Wildman–Crippen MR) is 128 cm³/mol. The second-order valence-electron chi connectivity index (χ2n) is 9.95. The van der Waals surface area contributed by atoms with E-state index in [1.165, 1.54) is 24.3 Å². The van der Waals surface area contributed by atoms with Crippen molar-refractivity contribution in [3.63, 3.8) is 0 Å². The van der Waals surface area contributed by atoms with Crippen LogP contribution in [-0.2, 0) is 10.0 Å². The molecule has 1 aliphatic heterocycles. The normalized spacial score (nSPS) is 25.0. The third kappa shape index (κ3) is 5.04. The van der Waals surface area contributed by atoms with Crippen molar-refractivity contribution in [2.75, 3.05) is 12.8 Å². The van der Waals surface area contributed by atoms with Gasteiger partial charge < -0.3 is 4.74 Å². The summed E-state index contributed by atoms with van der Waals surface area (Å²) in [4.78, 5) is 14.6. The molecule has 3 aliphatic rings. The minimum atomic E-state index is -3.82. The van der Waals surface area contributed by atoms with Crippen LogP contribution in [0.4, 0.5) is 8.78 Å². The van der Waals surface area contributed by atoms with E-state index < -0.39 is 21.7 Å². The number of ether oxygens (including phenoxy) is 1. The molecule has 1 heterocycles. The molecule has 1 saturated heterocycles. The number of piperidine rings is 1. The van der Waals surface area contributed by atoms with Crippen LogP contribution in [0.2, 0.25) is 5.02 Å². The number of halogens is 3. The highest BCUT2D eigenvalue weighted by molar-refractivity contribution is 7.89. The van der Waals surface area contributed by atoms with E-state index in [2.05, 4.69) is 4.90 Å². The van der Waals surface area contributed by atoms with Crippen molar-refractivity contribution >= 4 is 27.5 Å². The van der Waals surface area contributed by atoms with Gasteiger partial charge >= 0.3 is 0 Å². The molecule has 2 saturated carbocycles. The summed E-state index contributed by atoms with van der Waals surface area (Å²) in [7, 11) is -3.82. The Bertz CT molecular complexity index is 1280. The van der Waals surface area contributed by atoms with Gasteiger partial charge in [0.2, 0.25) is 10.0 Å². The van der Waals surface area contributed by atoms with Crippen molar-refractivity contribution in [1.82, 2.24) is 9.62 Å². The van der Waals surface area contributed by atoms with Gasteiger partial charge in [0, 0.05) is 29.7 Å². The molecular weight excluding hydrogens is 498 g/mol. The summed E-state index contributed by atoms with van der Waals surface area (Å²) in [5.41, 5.74) is 1.28. The Morgan fingerprint density at radius 3 is 2.57 bits per heavy atom. The first-order valence-electron chi connectivity index (χ1n) is 11.7. The van der Waals surface area contributed by atoms with Gasteiger partial charge in [0.1, 0.15) is 23.5 Å². The monoisotopic (exact) mass is 524 g/mol. The summed E-state index contributed by atoms with van der Waals surface area (Å²) >= 11 is 6.32. The number of likely N-dealkylation sites (tertiary alicyclic amines) is 1. The van der Waals surface area contributed by atoms with Crippen molar-refractivity contribution in [2.45, 2.75) is 56.7 Å². The second kappa shape index (κ2) is 9.01. The SMILES string of the molecule is C[C@@H](c1ccc(F)cc1Cl)N1C[C@H]2C[C@@H]1[C@H](Oc1cc(F)c(C(=O)NS(C)(=O)=O)cc1C1CC1)C2. The number of nitrogens with one attached hydrogen (secondary N) is 1. The van der Waals surface area contributed by atoms with Gasteiger partial charge in [0.05, 0.1) is 11.8 Å². The molecule has 0 aromatic heterocycles. The lowest BCUT2D eigenvalue weighted by molar-refractivity contribution is 0.0506. The van der Waals surface area contributed by atoms with Crippen molar-refractivity contribution in [1.29, 1.82) is 0 Å². The number of sulfonamides is 1. The van der Waals surface area contributed by atoms with Gasteiger partial charge in [-0.25, -0.2) is 21.9 Å². The molecule has 2 aromatic carbocycles. The molecule has 2 aliphatic carbocycles. The molecule has 188 valence electrons. The number of hydrogen-bond acceptors (Lipinski definition) is 5. The fraction of sp³-hybridized carbons (Fsp3) is 0.480. The highest BCUT2D eigenvalue weighted by Crippen LogP contribution is 2.48. The third-order valence-corrected chi connectivity index (χ3v) is 8.18. The largest absolute Gasteiger partial charge is 0.488 e. The summed E-state index contributed by atoms with van der Waals surface area (Å²) in [6, 6.07) is 7.14. The quantitative estimate of drug-likeness (QED) is 0.564. The highest BCUT2D eigenvalue weighted by Gasteiger charge is 2.48. The molecular formula is C25H27ClF2N2O4S. The number of fused-ring (bicyclic) bond motifs is 2. The van der Waals surface area contributed by atoms with Crippen molar-refractivity contribution < 1.29 is 26.7 Å². The molecule has 1 amide bonds. The molecule has 35 heavy (non-hydrogen) atoms. The second-order valence-corrected chi connectivity index (χ2v) is 12.1. The van der Waals surface area contributed by atoms with Gasteiger partial charge in [0.15, 0.2) is 0 Å². The van der Waals surface area contributed by atoms with E-state index in [4.69, 9.17) is 16.3 Å². The fourth-order valence-electron chi connectivity index (χ4n) is 5.55. The number of benzene rings is 2. The maximum atomic E-state index is 14.9. The van der Waals surface area contributed by atoms with Crippen LogP contribution in [0, 0.1) is 17.6 Å². The van der Waals surface area contributed by atoms with Crippen LogP contribution in [0.5, 0.6) is 5.75 Å². The average molecular weight is 525 g/mol. The van der Waals surface area contributed by atoms with Gasteiger partial charge in [-0.15, -0.1) is 0 Å². The Labute approximate surface area is 208 Å². The lowest BCUT2D eigenvalue weighted by Crippen LogP contribution is -2.45. The van der Waals surface area contributed by atoms with Gasteiger partial charge in [-0.2, -0.15) is 0 Å². The predicted octanol–water partition coefficient (Wildman–Crippen LogP) is 4.79. The van der Waals surface area contributed by atoms with E-state index in [0.717, 1.165) is 49.6 Å². The van der Waals surface area contributed by atoms with Crippen LogP contribution in [-0.4, -0.2) is 44.2 Å². The van der Waals surface area contributed by atoms with Gasteiger partial charge in [-0.05, 0) is 73.8 Å². The topological polar surface area (TPSA) is 75.7 Å². The summed E-state index contributed by atoms with van der Waals surface area (Å²) < 4.78 is 59.6. The number of rotatable bonds is 7. The molecule has 2 aromatic rings. The first-order valence-corrected chi connectivity index (χ1v) is 14.0. The molecule has 1 N–H and O–H groups in total. The van der Waals surface area contributed by atoms with E-state index in [9.17, 15) is 22.0 Å². The Balaban J connectivity index is 1.38. The number of nitrogens with zero attached hydrogens (tertiary/aromatic N) is 1. The van der Waals surface area contributed by atoms with Crippen LogP contribution in [0.15, 0.2) is 30.3 Å². The Kier molecular flexibility index (Phi) is 6.30. The van der Waals surface area contributed by atoms with Crippen LogP contribution in [0.3, 0.4) is 0 Å². The van der Waals surface area contributed by atoms with Crippen LogP contribution < -0.4 is 9.46 Å². The zero-order valence-corrected chi connectivity index (χ0v) is 21.0. The van der Waals surface area contributed by atoms with Crippen molar-refractivity contribution in [3.8, 4) is 5.75 Å². The maximum Gasteiger partial charge on any atom is 0.267 e. The standard InChI is InChI=1S/C25H27ClF2N2O4S/c1-13(17-6-5-16(27)9-20(17)26)30-12-14-7-22(30)24(8-14)34-23-11-21(28)19(10-18(23)15-3-4-15)25(31)29-35(2,32)33/h5-6,9-11,13-15,22,24H,3-4,7-8,12H2,1-2H3,(H,29,31)/t13-,14-,22+,24+/m0/s1. The summed E-state index contributed by atoms with van der Waals surface area (Å²) in [5, 5.41) is 0.388. The van der Waals surface area contributed by atoms with Gasteiger partial charge in [0.25, 0.3) is 5.91 Å². The minimum absolute atomic E-state index is 0.0359. The van der Waals surface area contributed by atoms with E-state index in [1.54, 1.807) is 6.07 Å². The van der Waals surface area contributed by atoms with Crippen molar-refractivity contribution in [2.24, 2.45) is 5.92 Å². The molecule has 4 atom stereocenters. The number of carbonyl (C=O) groups is 1. The molecule has 0 spiro atoms. The summed E-state index contributed by atoms with van der Waals surface area (Å²) in [6.45, 7) is 2.93. The first-order chi connectivity index (χ1) is 16.5. The summed E-state index contributed by atoms with van der Waals surface area (Å²) in [5.74, 6) is -1.20.